The Balaban J connectivity index is 2.05. The minimum atomic E-state index is -1.57. The average Bonchev–Trinajstić information content (AvgIpc) is 0.836. The average molecular weight is 1340 g/mol. The van der Waals surface area contributed by atoms with Gasteiger partial charge in [-0.25, -0.2) is 0 Å². The molecule has 0 bridgehead atoms. The summed E-state index contributed by atoms with van der Waals surface area (Å²) < 4.78 is 11.3. The highest BCUT2D eigenvalue weighted by Crippen LogP contribution is 2.24. The molecule has 6 N–H and O–H groups in total. The molecule has 0 aromatic heterocycles. The van der Waals surface area contributed by atoms with Crippen molar-refractivity contribution in [3.05, 3.63) is 72.9 Å². The van der Waals surface area contributed by atoms with Gasteiger partial charge in [0.15, 0.2) is 6.29 Å². The van der Waals surface area contributed by atoms with E-state index in [0.717, 1.165) is 64.2 Å². The number of amides is 1. The molecular weight excluding hydrogens is 1170 g/mol. The van der Waals surface area contributed by atoms with Crippen LogP contribution in [0.1, 0.15) is 412 Å². The van der Waals surface area contributed by atoms with Crippen molar-refractivity contribution in [2.24, 2.45) is 0 Å². The maximum Gasteiger partial charge on any atom is 0.220 e. The first-order valence-electron chi connectivity index (χ1n) is 41.7. The summed E-state index contributed by atoms with van der Waals surface area (Å²) in [5.74, 6) is -0.179. The van der Waals surface area contributed by atoms with Crippen LogP contribution in [0.4, 0.5) is 0 Å². The fourth-order valence-electron chi connectivity index (χ4n) is 13.3. The topological polar surface area (TPSA) is 149 Å². The van der Waals surface area contributed by atoms with E-state index in [-0.39, 0.29) is 12.5 Å². The van der Waals surface area contributed by atoms with E-state index in [2.05, 4.69) is 79.9 Å². The summed E-state index contributed by atoms with van der Waals surface area (Å²) in [5, 5.41) is 54.9. The van der Waals surface area contributed by atoms with E-state index in [4.69, 9.17) is 9.47 Å². The maximum absolute atomic E-state index is 13.2. The molecule has 7 unspecified atom stereocenters. The minimum absolute atomic E-state index is 0.179. The molecule has 95 heavy (non-hydrogen) atoms. The van der Waals surface area contributed by atoms with Crippen LogP contribution in [0, 0.1) is 0 Å². The van der Waals surface area contributed by atoms with Crippen LogP contribution in [0.2, 0.25) is 0 Å². The number of hydrogen-bond acceptors (Lipinski definition) is 8. The minimum Gasteiger partial charge on any atom is -0.394 e. The zero-order valence-electron chi connectivity index (χ0n) is 62.7. The highest BCUT2D eigenvalue weighted by Gasteiger charge is 2.44. The van der Waals surface area contributed by atoms with Gasteiger partial charge in [0.25, 0.3) is 0 Å². The Hall–Kier alpha value is -2.37. The first kappa shape index (κ1) is 90.6. The molecule has 0 aliphatic carbocycles. The lowest BCUT2D eigenvalue weighted by Crippen LogP contribution is -2.60. The summed E-state index contributed by atoms with van der Waals surface area (Å²) >= 11 is 0. The lowest BCUT2D eigenvalue weighted by molar-refractivity contribution is -0.302. The number of allylic oxidation sites excluding steroid dienone is 11. The molecule has 0 radical (unpaired) electrons. The van der Waals surface area contributed by atoms with E-state index < -0.39 is 49.5 Å². The number of hydrogen-bond donors (Lipinski definition) is 6. The summed E-state index contributed by atoms with van der Waals surface area (Å²) in [4.78, 5) is 13.2. The molecule has 7 atom stereocenters. The molecule has 1 fully saturated rings. The Morgan fingerprint density at radius 3 is 1.01 bits per heavy atom. The first-order chi connectivity index (χ1) is 46.8. The smallest absolute Gasteiger partial charge is 0.220 e. The molecule has 0 saturated carbocycles. The van der Waals surface area contributed by atoms with Crippen molar-refractivity contribution in [1.82, 2.24) is 5.32 Å². The quantitative estimate of drug-likeness (QED) is 0.0261. The Kier molecular flexibility index (Phi) is 70.9. The van der Waals surface area contributed by atoms with Crippen molar-refractivity contribution >= 4 is 5.91 Å². The summed E-state index contributed by atoms with van der Waals surface area (Å²) in [7, 11) is 0. The number of nitrogens with one attached hydrogen (secondary N) is 1. The molecule has 9 heteroatoms. The van der Waals surface area contributed by atoms with Gasteiger partial charge in [0.2, 0.25) is 5.91 Å². The van der Waals surface area contributed by atoms with Crippen LogP contribution in [-0.4, -0.2) is 87.5 Å². The van der Waals surface area contributed by atoms with Crippen molar-refractivity contribution in [3.8, 4) is 0 Å². The van der Waals surface area contributed by atoms with Gasteiger partial charge in [-0.1, -0.05) is 408 Å². The Morgan fingerprint density at radius 2 is 0.663 bits per heavy atom. The number of aliphatic hydroxyl groups excluding tert-OH is 5. The lowest BCUT2D eigenvalue weighted by Gasteiger charge is -2.40. The second-order valence-electron chi connectivity index (χ2n) is 28.9. The highest BCUT2D eigenvalue weighted by molar-refractivity contribution is 5.76. The third kappa shape index (κ3) is 62.4. The van der Waals surface area contributed by atoms with Crippen LogP contribution in [0.5, 0.6) is 0 Å². The van der Waals surface area contributed by atoms with E-state index in [9.17, 15) is 30.3 Å². The maximum atomic E-state index is 13.2. The van der Waals surface area contributed by atoms with Gasteiger partial charge in [0.1, 0.15) is 24.4 Å². The summed E-state index contributed by atoms with van der Waals surface area (Å²) in [6.07, 6.45) is 99.4. The van der Waals surface area contributed by atoms with E-state index >= 15 is 0 Å². The lowest BCUT2D eigenvalue weighted by atomic mass is 9.99. The molecule has 556 valence electrons. The molecule has 9 nitrogen and oxygen atoms in total. The van der Waals surface area contributed by atoms with Gasteiger partial charge in [-0.2, -0.15) is 0 Å². The van der Waals surface area contributed by atoms with Crippen molar-refractivity contribution in [3.63, 3.8) is 0 Å². The van der Waals surface area contributed by atoms with Crippen LogP contribution < -0.4 is 5.32 Å². The highest BCUT2D eigenvalue weighted by atomic mass is 16.7. The van der Waals surface area contributed by atoms with E-state index in [1.807, 2.05) is 6.08 Å². The fourth-order valence-corrected chi connectivity index (χ4v) is 13.3. The first-order valence-corrected chi connectivity index (χ1v) is 41.7. The largest absolute Gasteiger partial charge is 0.394 e. The molecular formula is C86H159NO8. The predicted octanol–water partition coefficient (Wildman–Crippen LogP) is 24.2. The molecule has 1 heterocycles. The van der Waals surface area contributed by atoms with Crippen molar-refractivity contribution in [2.45, 2.75) is 455 Å². The number of ether oxygens (including phenoxy) is 2. The van der Waals surface area contributed by atoms with Gasteiger partial charge in [0, 0.05) is 6.42 Å². The normalized spacial score (nSPS) is 17.8. The van der Waals surface area contributed by atoms with Crippen LogP contribution >= 0.6 is 0 Å². The number of rotatable bonds is 74. The van der Waals surface area contributed by atoms with Gasteiger partial charge in [-0.15, -0.1) is 0 Å². The van der Waals surface area contributed by atoms with Gasteiger partial charge < -0.3 is 40.3 Å². The molecule has 1 amide bonds. The van der Waals surface area contributed by atoms with Crippen LogP contribution in [0.25, 0.3) is 0 Å². The van der Waals surface area contributed by atoms with Crippen LogP contribution in [0.3, 0.4) is 0 Å². The monoisotopic (exact) mass is 1330 g/mol. The van der Waals surface area contributed by atoms with Crippen molar-refractivity contribution in [1.29, 1.82) is 0 Å². The van der Waals surface area contributed by atoms with Crippen molar-refractivity contribution < 1.29 is 39.8 Å². The number of unbranched alkanes of at least 4 members (excludes halogenated alkanes) is 54. The molecule has 1 aliphatic heterocycles. The molecule has 1 saturated heterocycles. The SMILES string of the molecule is CC/C=C\C/C=C\C/C=C\C/C=C\CCCCCCCCCCCCCCCCCCCCCCCCCCCCCCC(=O)NC(COC1OC(CO)C(O)C(O)C1O)C(O)/C=C/CC/C=C/CCCCCCCCCCCCCCCCCCCCCCCCCCC. The second kappa shape index (κ2) is 74.3. The zero-order valence-corrected chi connectivity index (χ0v) is 62.7. The van der Waals surface area contributed by atoms with Crippen molar-refractivity contribution in [2.75, 3.05) is 13.2 Å². The van der Waals surface area contributed by atoms with Gasteiger partial charge in [-0.3, -0.25) is 4.79 Å². The molecule has 0 aromatic carbocycles. The van der Waals surface area contributed by atoms with Gasteiger partial charge in [0.05, 0.1) is 25.4 Å². The number of aliphatic hydroxyl groups is 5. The van der Waals surface area contributed by atoms with Gasteiger partial charge in [-0.05, 0) is 70.6 Å². The Bertz CT molecular complexity index is 1740. The molecule has 0 aromatic rings. The third-order valence-electron chi connectivity index (χ3n) is 19.8. The predicted molar refractivity (Wildman–Crippen MR) is 410 cm³/mol. The standard InChI is InChI=1S/C86H159NO8/c1-3-5-7-9-11-13-15-17-19-21-23-25-27-29-31-33-35-36-37-38-39-40-41-42-43-44-46-48-50-52-54-56-58-60-62-64-66-68-70-72-74-76-82(90)87-79(78-94-86-85(93)84(92)83(91)81(77-88)95-86)80(89)75-73-71-69-67-65-63-61-59-57-55-53-51-49-47-45-34-32-30-28-26-24-22-20-18-16-14-12-10-8-6-4-2/h5,7,11,13,17,19,23,25,65,67,73,75,79-81,83-86,88-89,91-93H,3-4,6,8-10,12,14-16,18,20-22,24,26-64,66,68-72,74,76-78H2,1-2H3,(H,87,90)/b7-5-,13-11-,19-17-,25-23-,67-65+,75-73+. The van der Waals surface area contributed by atoms with E-state index in [1.165, 1.54) is 327 Å². The van der Waals surface area contributed by atoms with Crippen LogP contribution in [0.15, 0.2) is 72.9 Å². The molecule has 0 spiro atoms. The number of carbonyl (C=O) groups is 1. The molecule has 1 aliphatic rings. The van der Waals surface area contributed by atoms with Gasteiger partial charge >= 0.3 is 0 Å². The molecule has 1 rings (SSSR count). The number of carbonyl (C=O) groups excluding carboxylic acids is 1. The van der Waals surface area contributed by atoms with Crippen LogP contribution in [-0.2, 0) is 14.3 Å². The summed E-state index contributed by atoms with van der Waals surface area (Å²) in [6, 6.07) is -0.824. The second-order valence-corrected chi connectivity index (χ2v) is 28.9. The Morgan fingerprint density at radius 1 is 0.368 bits per heavy atom. The fraction of sp³-hybridized carbons (Fsp3) is 0.849. The third-order valence-corrected chi connectivity index (χ3v) is 19.8. The Labute approximate surface area is 589 Å². The van der Waals surface area contributed by atoms with E-state index in [1.54, 1.807) is 6.08 Å². The zero-order chi connectivity index (χ0) is 68.5. The summed E-state index contributed by atoms with van der Waals surface area (Å²) in [5.41, 5.74) is 0. The summed E-state index contributed by atoms with van der Waals surface area (Å²) in [6.45, 7) is 3.71. The van der Waals surface area contributed by atoms with E-state index in [0.29, 0.717) is 6.42 Å².